The van der Waals surface area contributed by atoms with Crippen molar-refractivity contribution in [3.8, 4) is 0 Å². The molecule has 4 nitrogen and oxygen atoms in total. The Hall–Kier alpha value is -0.940. The molecule has 0 radical (unpaired) electrons. The molecular formula is C12H19N3OS. The highest BCUT2D eigenvalue weighted by molar-refractivity contribution is 7.11. The van der Waals surface area contributed by atoms with Crippen LogP contribution in [0, 0.1) is 12.8 Å². The molecule has 1 amide bonds. The second-order valence-electron chi connectivity index (χ2n) is 4.62. The Balaban J connectivity index is 1.84. The first-order valence-electron chi connectivity index (χ1n) is 6.11. The second-order valence-corrected chi connectivity index (χ2v) is 5.94. The van der Waals surface area contributed by atoms with Gasteiger partial charge in [0.05, 0.1) is 17.5 Å². The van der Waals surface area contributed by atoms with Crippen LogP contribution in [0.3, 0.4) is 0 Å². The van der Waals surface area contributed by atoms with Gasteiger partial charge in [0.25, 0.3) is 0 Å². The molecule has 5 heteroatoms. The van der Waals surface area contributed by atoms with E-state index in [0.29, 0.717) is 6.54 Å². The summed E-state index contributed by atoms with van der Waals surface area (Å²) in [4.78, 5) is 17.2. The summed E-state index contributed by atoms with van der Waals surface area (Å²) in [7, 11) is 0. The van der Waals surface area contributed by atoms with Crippen LogP contribution in [0.4, 0.5) is 0 Å². The molecule has 3 N–H and O–H groups in total. The van der Waals surface area contributed by atoms with Crippen LogP contribution in [-0.2, 0) is 11.3 Å². The average Bonchev–Trinajstić information content (AvgIpc) is 2.73. The van der Waals surface area contributed by atoms with Gasteiger partial charge < -0.3 is 11.1 Å². The zero-order valence-electron chi connectivity index (χ0n) is 10.1. The van der Waals surface area contributed by atoms with Crippen molar-refractivity contribution in [2.24, 2.45) is 11.7 Å². The standard InChI is InChI=1S/C12H19N3OS/c1-8-14-6-9(17-8)7-15-12(16)10-4-2-3-5-11(10)13/h6,10-11H,2-5,7,13H2,1H3,(H,15,16). The van der Waals surface area contributed by atoms with Gasteiger partial charge in [-0.1, -0.05) is 12.8 Å². The largest absolute Gasteiger partial charge is 0.351 e. The fourth-order valence-electron chi connectivity index (χ4n) is 2.28. The minimum atomic E-state index is -0.00207. The molecule has 0 aromatic carbocycles. The van der Waals surface area contributed by atoms with Crippen LogP contribution >= 0.6 is 11.3 Å². The molecule has 0 saturated heterocycles. The van der Waals surface area contributed by atoms with E-state index >= 15 is 0 Å². The molecule has 2 atom stereocenters. The van der Waals surface area contributed by atoms with Gasteiger partial charge in [0.2, 0.25) is 5.91 Å². The normalized spacial score (nSPS) is 24.6. The molecular weight excluding hydrogens is 234 g/mol. The number of nitrogens with two attached hydrogens (primary N) is 1. The Morgan fingerprint density at radius 2 is 2.35 bits per heavy atom. The first-order chi connectivity index (χ1) is 8.16. The maximum absolute atomic E-state index is 12.0. The molecule has 0 spiro atoms. The Kier molecular flexibility index (Phi) is 4.12. The molecule has 94 valence electrons. The number of aromatic nitrogens is 1. The maximum Gasteiger partial charge on any atom is 0.224 e. The van der Waals surface area contributed by atoms with Crippen LogP contribution in [0.25, 0.3) is 0 Å². The highest BCUT2D eigenvalue weighted by atomic mass is 32.1. The molecule has 2 rings (SSSR count). The van der Waals surface area contributed by atoms with Crippen LogP contribution in [0.5, 0.6) is 0 Å². The number of hydrogen-bond donors (Lipinski definition) is 2. The number of amides is 1. The van der Waals surface area contributed by atoms with Gasteiger partial charge in [0, 0.05) is 17.1 Å². The van der Waals surface area contributed by atoms with E-state index in [1.165, 1.54) is 0 Å². The van der Waals surface area contributed by atoms with Crippen LogP contribution < -0.4 is 11.1 Å². The van der Waals surface area contributed by atoms with Crippen LogP contribution in [0.2, 0.25) is 0 Å². The third-order valence-electron chi connectivity index (χ3n) is 3.26. The zero-order valence-corrected chi connectivity index (χ0v) is 10.9. The number of carbonyl (C=O) groups excluding carboxylic acids is 1. The molecule has 1 heterocycles. The SMILES string of the molecule is Cc1ncc(CNC(=O)C2CCCCC2N)s1. The summed E-state index contributed by atoms with van der Waals surface area (Å²) in [6, 6.07) is 0.0342. The van der Waals surface area contributed by atoms with E-state index in [1.807, 2.05) is 13.1 Å². The first kappa shape index (κ1) is 12.5. The molecule has 1 fully saturated rings. The van der Waals surface area contributed by atoms with Crippen molar-refractivity contribution in [1.82, 2.24) is 10.3 Å². The van der Waals surface area contributed by atoms with E-state index in [0.717, 1.165) is 35.6 Å². The topological polar surface area (TPSA) is 68.0 Å². The van der Waals surface area contributed by atoms with Gasteiger partial charge in [-0.25, -0.2) is 4.98 Å². The van der Waals surface area contributed by atoms with E-state index in [1.54, 1.807) is 11.3 Å². The average molecular weight is 253 g/mol. The number of rotatable bonds is 3. The minimum absolute atomic E-state index is 0.00207. The minimum Gasteiger partial charge on any atom is -0.351 e. The molecule has 1 aliphatic rings. The van der Waals surface area contributed by atoms with Gasteiger partial charge in [0.1, 0.15) is 0 Å². The van der Waals surface area contributed by atoms with Crippen molar-refractivity contribution in [3.05, 3.63) is 16.1 Å². The lowest BCUT2D eigenvalue weighted by Crippen LogP contribution is -2.43. The highest BCUT2D eigenvalue weighted by Gasteiger charge is 2.27. The summed E-state index contributed by atoms with van der Waals surface area (Å²) in [6.45, 7) is 2.54. The molecule has 0 bridgehead atoms. The lowest BCUT2D eigenvalue weighted by Gasteiger charge is -2.27. The van der Waals surface area contributed by atoms with E-state index in [4.69, 9.17) is 5.73 Å². The second kappa shape index (κ2) is 5.60. The predicted molar refractivity (Wildman–Crippen MR) is 68.6 cm³/mol. The van der Waals surface area contributed by atoms with Gasteiger partial charge in [-0.05, 0) is 19.8 Å². The van der Waals surface area contributed by atoms with Gasteiger partial charge in [0.15, 0.2) is 0 Å². The van der Waals surface area contributed by atoms with Gasteiger partial charge in [-0.3, -0.25) is 4.79 Å². The maximum atomic E-state index is 12.0. The Bertz CT molecular complexity index is 391. The van der Waals surface area contributed by atoms with Crippen molar-refractivity contribution in [2.75, 3.05) is 0 Å². The number of nitrogens with one attached hydrogen (secondary N) is 1. The summed E-state index contributed by atoms with van der Waals surface area (Å²) < 4.78 is 0. The summed E-state index contributed by atoms with van der Waals surface area (Å²) in [5.74, 6) is 0.0982. The predicted octanol–water partition coefficient (Wildman–Crippen LogP) is 1.59. The van der Waals surface area contributed by atoms with Gasteiger partial charge in [-0.2, -0.15) is 0 Å². The molecule has 1 aromatic rings. The van der Waals surface area contributed by atoms with E-state index < -0.39 is 0 Å². The zero-order chi connectivity index (χ0) is 12.3. The lowest BCUT2D eigenvalue weighted by molar-refractivity contribution is -0.126. The van der Waals surface area contributed by atoms with Crippen molar-refractivity contribution in [2.45, 2.75) is 45.2 Å². The fraction of sp³-hybridized carbons (Fsp3) is 0.667. The summed E-state index contributed by atoms with van der Waals surface area (Å²) in [5, 5.41) is 4.00. The van der Waals surface area contributed by atoms with Crippen LogP contribution in [0.15, 0.2) is 6.20 Å². The van der Waals surface area contributed by atoms with Crippen molar-refractivity contribution < 1.29 is 4.79 Å². The first-order valence-corrected chi connectivity index (χ1v) is 6.93. The molecule has 1 aliphatic carbocycles. The molecule has 1 saturated carbocycles. The molecule has 0 aliphatic heterocycles. The third-order valence-corrected chi connectivity index (χ3v) is 4.17. The van der Waals surface area contributed by atoms with Gasteiger partial charge >= 0.3 is 0 Å². The van der Waals surface area contributed by atoms with Gasteiger partial charge in [-0.15, -0.1) is 11.3 Å². The Morgan fingerprint density at radius 3 is 3.00 bits per heavy atom. The molecule has 2 unspecified atom stereocenters. The molecule has 17 heavy (non-hydrogen) atoms. The summed E-state index contributed by atoms with van der Waals surface area (Å²) >= 11 is 1.62. The number of carbonyl (C=O) groups is 1. The number of nitrogens with zero attached hydrogens (tertiary/aromatic N) is 1. The number of aryl methyl sites for hydroxylation is 1. The Morgan fingerprint density at radius 1 is 1.59 bits per heavy atom. The van der Waals surface area contributed by atoms with E-state index in [9.17, 15) is 4.79 Å². The lowest BCUT2D eigenvalue weighted by atomic mass is 9.84. The number of hydrogen-bond acceptors (Lipinski definition) is 4. The van der Waals surface area contributed by atoms with Crippen molar-refractivity contribution in [3.63, 3.8) is 0 Å². The van der Waals surface area contributed by atoms with E-state index in [-0.39, 0.29) is 17.9 Å². The van der Waals surface area contributed by atoms with E-state index in [2.05, 4.69) is 10.3 Å². The quantitative estimate of drug-likeness (QED) is 0.859. The molecule has 1 aromatic heterocycles. The Labute approximate surface area is 106 Å². The summed E-state index contributed by atoms with van der Waals surface area (Å²) in [6.07, 6.45) is 5.98. The monoisotopic (exact) mass is 253 g/mol. The van der Waals surface area contributed by atoms with Crippen molar-refractivity contribution in [1.29, 1.82) is 0 Å². The van der Waals surface area contributed by atoms with Crippen LogP contribution in [-0.4, -0.2) is 16.9 Å². The van der Waals surface area contributed by atoms with Crippen molar-refractivity contribution >= 4 is 17.2 Å². The fourth-order valence-corrected chi connectivity index (χ4v) is 3.01. The summed E-state index contributed by atoms with van der Waals surface area (Å²) in [5.41, 5.74) is 5.98. The smallest absolute Gasteiger partial charge is 0.224 e. The highest BCUT2D eigenvalue weighted by Crippen LogP contribution is 2.23. The third kappa shape index (κ3) is 3.26. The van der Waals surface area contributed by atoms with Crippen LogP contribution in [0.1, 0.15) is 35.6 Å². The number of thiazole rings is 1.